The van der Waals surface area contributed by atoms with Crippen molar-refractivity contribution in [3.8, 4) is 0 Å². The Morgan fingerprint density at radius 2 is 1.24 bits per heavy atom. The van der Waals surface area contributed by atoms with Crippen molar-refractivity contribution in [2.45, 2.75) is 39.5 Å². The number of hydrogen-bond donors (Lipinski definition) is 4. The molecule has 0 saturated heterocycles. The molecule has 0 aliphatic carbocycles. The summed E-state index contributed by atoms with van der Waals surface area (Å²) in [6, 6.07) is 13.1. The van der Waals surface area contributed by atoms with Gasteiger partial charge in [0, 0.05) is 11.4 Å². The highest BCUT2D eigenvalue weighted by Gasteiger charge is 2.08. The van der Waals surface area contributed by atoms with Crippen molar-refractivity contribution < 1.29 is 19.1 Å². The maximum atomic E-state index is 11.9. The van der Waals surface area contributed by atoms with E-state index in [4.69, 9.17) is 20.6 Å². The summed E-state index contributed by atoms with van der Waals surface area (Å²) in [6.07, 6.45) is 3.56. The number of carbonyl (C=O) groups excluding carboxylic acids is 2. The first-order valence-electron chi connectivity index (χ1n) is 10.9. The SMILES string of the molecule is CCCCOC(=O)c1ccc(NC(=N)/N=C(\N)Nc2ccc(C(=O)OCCCC)cc2)cc1. The molecular weight excluding hydrogens is 422 g/mol. The minimum atomic E-state index is -0.378. The maximum absolute atomic E-state index is 11.9. The van der Waals surface area contributed by atoms with E-state index < -0.39 is 0 Å². The summed E-state index contributed by atoms with van der Waals surface area (Å²) in [5.41, 5.74) is 7.93. The van der Waals surface area contributed by atoms with Gasteiger partial charge >= 0.3 is 11.9 Å². The molecule has 0 saturated carbocycles. The van der Waals surface area contributed by atoms with Crippen molar-refractivity contribution in [1.82, 2.24) is 0 Å². The number of aliphatic imine (C=N–C) groups is 1. The van der Waals surface area contributed by atoms with Crippen LogP contribution in [0.25, 0.3) is 0 Å². The van der Waals surface area contributed by atoms with Crippen LogP contribution in [0.1, 0.15) is 60.2 Å². The topological polar surface area (TPSA) is 139 Å². The number of anilines is 2. The average Bonchev–Trinajstić information content (AvgIpc) is 2.80. The predicted octanol–water partition coefficient (Wildman–Crippen LogP) is 4.37. The molecule has 0 aliphatic rings. The monoisotopic (exact) mass is 453 g/mol. The van der Waals surface area contributed by atoms with Gasteiger partial charge in [-0.15, -0.1) is 0 Å². The van der Waals surface area contributed by atoms with Gasteiger partial charge < -0.3 is 25.8 Å². The third-order valence-corrected chi connectivity index (χ3v) is 4.47. The van der Waals surface area contributed by atoms with Gasteiger partial charge in [0.25, 0.3) is 0 Å². The van der Waals surface area contributed by atoms with Gasteiger partial charge in [0.05, 0.1) is 24.3 Å². The summed E-state index contributed by atoms with van der Waals surface area (Å²) >= 11 is 0. The zero-order valence-electron chi connectivity index (χ0n) is 19.0. The molecule has 33 heavy (non-hydrogen) atoms. The van der Waals surface area contributed by atoms with Crippen molar-refractivity contribution >= 4 is 35.2 Å². The Balaban J connectivity index is 1.86. The molecule has 0 heterocycles. The van der Waals surface area contributed by atoms with Gasteiger partial charge in [0.2, 0.25) is 11.9 Å². The Morgan fingerprint density at radius 3 is 1.67 bits per heavy atom. The lowest BCUT2D eigenvalue weighted by molar-refractivity contribution is 0.0490. The fraction of sp³-hybridized carbons (Fsp3) is 0.333. The molecule has 9 nitrogen and oxygen atoms in total. The summed E-state index contributed by atoms with van der Waals surface area (Å²) in [5, 5.41) is 13.6. The third-order valence-electron chi connectivity index (χ3n) is 4.47. The van der Waals surface area contributed by atoms with Crippen LogP contribution in [0.15, 0.2) is 53.5 Å². The first kappa shape index (κ1) is 25.4. The van der Waals surface area contributed by atoms with Gasteiger partial charge in [-0.3, -0.25) is 5.41 Å². The van der Waals surface area contributed by atoms with Crippen LogP contribution in [0.3, 0.4) is 0 Å². The van der Waals surface area contributed by atoms with E-state index in [1.54, 1.807) is 48.5 Å². The molecule has 9 heteroatoms. The number of benzene rings is 2. The molecule has 5 N–H and O–H groups in total. The number of carbonyl (C=O) groups is 2. The number of nitrogens with one attached hydrogen (secondary N) is 3. The Bertz CT molecular complexity index is 956. The van der Waals surface area contributed by atoms with E-state index in [0.717, 1.165) is 25.7 Å². The van der Waals surface area contributed by atoms with Crippen LogP contribution in [-0.4, -0.2) is 37.1 Å². The quantitative estimate of drug-likeness (QED) is 0.181. The van der Waals surface area contributed by atoms with Crippen LogP contribution < -0.4 is 16.4 Å². The zero-order valence-corrected chi connectivity index (χ0v) is 19.0. The molecule has 0 aliphatic heterocycles. The summed E-state index contributed by atoms with van der Waals surface area (Å²) in [7, 11) is 0. The number of guanidine groups is 2. The standard InChI is InChI=1S/C24H31N5O4/c1-3-5-15-32-21(30)17-7-11-19(12-8-17)27-23(25)29-24(26)28-20-13-9-18(10-14-20)22(31)33-16-6-4-2/h7-14H,3-6,15-16H2,1-2H3,(H5,25,26,27,28,29). The van der Waals surface area contributed by atoms with Gasteiger partial charge in [0.1, 0.15) is 0 Å². The van der Waals surface area contributed by atoms with Crippen LogP contribution in [0.5, 0.6) is 0 Å². The average molecular weight is 454 g/mol. The molecule has 0 unspecified atom stereocenters. The minimum Gasteiger partial charge on any atom is -0.462 e. The normalized spacial score (nSPS) is 10.9. The van der Waals surface area contributed by atoms with Gasteiger partial charge in [0.15, 0.2) is 0 Å². The second-order valence-corrected chi connectivity index (χ2v) is 7.23. The third kappa shape index (κ3) is 9.02. The van der Waals surface area contributed by atoms with Crippen molar-refractivity contribution in [2.24, 2.45) is 10.7 Å². The molecule has 0 fully saturated rings. The predicted molar refractivity (Wildman–Crippen MR) is 130 cm³/mol. The van der Waals surface area contributed by atoms with Gasteiger partial charge in [-0.25, -0.2) is 9.59 Å². The van der Waals surface area contributed by atoms with Crippen molar-refractivity contribution in [3.05, 3.63) is 59.7 Å². The molecule has 0 aromatic heterocycles. The number of nitrogens with zero attached hydrogens (tertiary/aromatic N) is 1. The highest BCUT2D eigenvalue weighted by molar-refractivity contribution is 6.04. The second kappa shape index (κ2) is 13.5. The molecule has 0 spiro atoms. The summed E-state index contributed by atoms with van der Waals surface area (Å²) in [5.74, 6) is -0.934. The van der Waals surface area contributed by atoms with Crippen molar-refractivity contribution in [2.75, 3.05) is 23.8 Å². The fourth-order valence-electron chi connectivity index (χ4n) is 2.63. The van der Waals surface area contributed by atoms with E-state index in [9.17, 15) is 9.59 Å². The van der Waals surface area contributed by atoms with E-state index in [0.29, 0.717) is 35.7 Å². The van der Waals surface area contributed by atoms with Crippen LogP contribution in [0, 0.1) is 5.41 Å². The number of nitrogens with two attached hydrogens (primary N) is 1. The lowest BCUT2D eigenvalue weighted by Crippen LogP contribution is -2.25. The molecule has 2 aromatic carbocycles. The van der Waals surface area contributed by atoms with E-state index in [-0.39, 0.29) is 23.9 Å². The molecule has 0 atom stereocenters. The molecule has 176 valence electrons. The number of ether oxygens (including phenoxy) is 2. The number of unbranched alkanes of at least 4 members (excludes halogenated alkanes) is 2. The Hall–Kier alpha value is -3.88. The highest BCUT2D eigenvalue weighted by atomic mass is 16.5. The Labute approximate surface area is 193 Å². The van der Waals surface area contributed by atoms with Crippen LogP contribution in [-0.2, 0) is 9.47 Å². The number of rotatable bonds is 10. The smallest absolute Gasteiger partial charge is 0.338 e. The van der Waals surface area contributed by atoms with Gasteiger partial charge in [-0.2, -0.15) is 4.99 Å². The Morgan fingerprint density at radius 1 is 0.818 bits per heavy atom. The fourth-order valence-corrected chi connectivity index (χ4v) is 2.63. The minimum absolute atomic E-state index is 0.00175. The van der Waals surface area contributed by atoms with E-state index >= 15 is 0 Å². The summed E-state index contributed by atoms with van der Waals surface area (Å²) in [6.45, 7) is 4.85. The first-order valence-corrected chi connectivity index (χ1v) is 10.9. The van der Waals surface area contributed by atoms with Crippen LogP contribution >= 0.6 is 0 Å². The highest BCUT2D eigenvalue weighted by Crippen LogP contribution is 2.12. The van der Waals surface area contributed by atoms with Crippen molar-refractivity contribution in [3.63, 3.8) is 0 Å². The molecule has 0 amide bonds. The zero-order chi connectivity index (χ0) is 24.1. The summed E-state index contributed by atoms with van der Waals surface area (Å²) in [4.78, 5) is 27.8. The summed E-state index contributed by atoms with van der Waals surface area (Å²) < 4.78 is 10.3. The number of esters is 2. The molecule has 0 bridgehead atoms. The maximum Gasteiger partial charge on any atom is 0.338 e. The van der Waals surface area contributed by atoms with Crippen LogP contribution in [0.4, 0.5) is 11.4 Å². The van der Waals surface area contributed by atoms with E-state index in [1.807, 2.05) is 13.8 Å². The van der Waals surface area contributed by atoms with E-state index in [2.05, 4.69) is 15.6 Å². The van der Waals surface area contributed by atoms with Crippen molar-refractivity contribution in [1.29, 1.82) is 5.41 Å². The van der Waals surface area contributed by atoms with Gasteiger partial charge in [-0.1, -0.05) is 26.7 Å². The molecule has 2 aromatic rings. The Kier molecular flexibility index (Phi) is 10.4. The largest absolute Gasteiger partial charge is 0.462 e. The van der Waals surface area contributed by atoms with Gasteiger partial charge in [-0.05, 0) is 61.4 Å². The van der Waals surface area contributed by atoms with Crippen LogP contribution in [0.2, 0.25) is 0 Å². The van der Waals surface area contributed by atoms with E-state index in [1.165, 1.54) is 0 Å². The molecule has 2 rings (SSSR count). The first-order chi connectivity index (χ1) is 15.9. The lowest BCUT2D eigenvalue weighted by Gasteiger charge is -2.09. The second-order valence-electron chi connectivity index (χ2n) is 7.23. The molecular formula is C24H31N5O4. The lowest BCUT2D eigenvalue weighted by atomic mass is 10.2. The number of hydrogen-bond acceptors (Lipinski definition) is 5. The molecule has 0 radical (unpaired) electrons.